The van der Waals surface area contributed by atoms with Crippen LogP contribution in [0, 0.1) is 11.3 Å². The van der Waals surface area contributed by atoms with Crippen LogP contribution in [0.4, 0.5) is 5.82 Å². The first kappa shape index (κ1) is 12.4. The third-order valence-corrected chi connectivity index (χ3v) is 2.53. The summed E-state index contributed by atoms with van der Waals surface area (Å²) in [6, 6.07) is 12.8. The summed E-state index contributed by atoms with van der Waals surface area (Å²) >= 11 is 0. The molecule has 0 unspecified atom stereocenters. The smallest absolute Gasteiger partial charge is 0.190 e. The zero-order valence-corrected chi connectivity index (χ0v) is 10.1. The van der Waals surface area contributed by atoms with Crippen molar-refractivity contribution >= 4 is 5.82 Å². The molecule has 0 amide bonds. The first-order chi connectivity index (χ1) is 9.22. The van der Waals surface area contributed by atoms with Gasteiger partial charge in [-0.2, -0.15) is 15.2 Å². The van der Waals surface area contributed by atoms with E-state index in [0.29, 0.717) is 23.4 Å². The zero-order chi connectivity index (χ0) is 13.7. The largest absolute Gasteiger partial charge is 0.365 e. The average Bonchev–Trinajstić information content (AvgIpc) is 2.46. The van der Waals surface area contributed by atoms with Gasteiger partial charge in [0.15, 0.2) is 5.49 Å². The third kappa shape index (κ3) is 3.01. The number of nitriles is 1. The Kier molecular flexibility index (Phi) is 3.64. The van der Waals surface area contributed by atoms with Crippen molar-refractivity contribution < 1.29 is 0 Å². The molecule has 0 aliphatic carbocycles. The van der Waals surface area contributed by atoms with E-state index in [1.54, 1.807) is 24.3 Å². The molecule has 19 heavy (non-hydrogen) atoms. The quantitative estimate of drug-likeness (QED) is 0.521. The van der Waals surface area contributed by atoms with Gasteiger partial charge in [-0.15, -0.1) is 5.10 Å². The van der Waals surface area contributed by atoms with Gasteiger partial charge in [0.2, 0.25) is 0 Å². The van der Waals surface area contributed by atoms with Crippen molar-refractivity contribution in [3.63, 3.8) is 0 Å². The number of nitrogen functional groups attached to an aromatic ring is 1. The van der Waals surface area contributed by atoms with Crippen LogP contribution in [-0.2, 0) is 6.54 Å². The second-order valence-corrected chi connectivity index (χ2v) is 3.81. The number of rotatable bonds is 3. The summed E-state index contributed by atoms with van der Waals surface area (Å²) in [4.78, 5) is 1.10. The Bertz CT molecular complexity index is 664. The van der Waals surface area contributed by atoms with E-state index in [4.69, 9.17) is 16.9 Å². The molecule has 0 radical (unpaired) electrons. The molecule has 96 valence electrons. The normalized spacial score (nSPS) is 11.0. The molecule has 0 saturated heterocycles. The number of hydrogen-bond acceptors (Lipinski definition) is 6. The zero-order valence-electron chi connectivity index (χ0n) is 10.1. The molecule has 2 rings (SSSR count). The molecule has 0 spiro atoms. The van der Waals surface area contributed by atoms with Gasteiger partial charge in [0, 0.05) is 6.54 Å². The molecule has 0 saturated carbocycles. The fourth-order valence-electron chi connectivity index (χ4n) is 1.52. The molecule has 1 aromatic heterocycles. The molecule has 0 aliphatic rings. The van der Waals surface area contributed by atoms with Crippen LogP contribution in [0.15, 0.2) is 41.5 Å². The number of anilines is 1. The van der Waals surface area contributed by atoms with Crippen LogP contribution in [-0.4, -0.2) is 9.89 Å². The van der Waals surface area contributed by atoms with Gasteiger partial charge in [-0.3, -0.25) is 0 Å². The molecule has 7 heteroatoms. The van der Waals surface area contributed by atoms with Gasteiger partial charge in [-0.05, 0) is 29.8 Å². The predicted octanol–water partition coefficient (Wildman–Crippen LogP) is -0.145. The maximum Gasteiger partial charge on any atom is 0.190 e. The summed E-state index contributed by atoms with van der Waals surface area (Å²) in [5, 5.41) is 19.3. The van der Waals surface area contributed by atoms with E-state index >= 15 is 0 Å². The Labute approximate surface area is 109 Å². The molecule has 1 heterocycles. The van der Waals surface area contributed by atoms with Gasteiger partial charge in [0.1, 0.15) is 5.82 Å². The lowest BCUT2D eigenvalue weighted by molar-refractivity contribution is 0.735. The highest BCUT2D eigenvalue weighted by Gasteiger charge is 1.98. The van der Waals surface area contributed by atoms with Crippen LogP contribution in [0.1, 0.15) is 11.1 Å². The molecule has 7 nitrogen and oxygen atoms in total. The van der Waals surface area contributed by atoms with E-state index in [-0.39, 0.29) is 0 Å². The van der Waals surface area contributed by atoms with Crippen LogP contribution >= 0.6 is 0 Å². The average molecular weight is 255 g/mol. The van der Waals surface area contributed by atoms with Gasteiger partial charge in [-0.25, -0.2) is 0 Å². The van der Waals surface area contributed by atoms with Gasteiger partial charge < -0.3 is 17.0 Å². The summed E-state index contributed by atoms with van der Waals surface area (Å²) < 4.78 is 0. The predicted molar refractivity (Wildman–Crippen MR) is 70.6 cm³/mol. The van der Waals surface area contributed by atoms with Crippen molar-refractivity contribution in [1.29, 1.82) is 5.26 Å². The molecule has 2 aromatic rings. The first-order valence-corrected chi connectivity index (χ1v) is 5.55. The van der Waals surface area contributed by atoms with Crippen molar-refractivity contribution in [2.24, 2.45) is 10.9 Å². The Balaban J connectivity index is 2.06. The lowest BCUT2D eigenvalue weighted by Crippen LogP contribution is -2.31. The Morgan fingerprint density at radius 1 is 1.26 bits per heavy atom. The summed E-state index contributed by atoms with van der Waals surface area (Å²) in [5.41, 5.74) is 2.05. The second-order valence-electron chi connectivity index (χ2n) is 3.81. The van der Waals surface area contributed by atoms with Crippen LogP contribution in [0.25, 0.3) is 0 Å². The minimum Gasteiger partial charge on any atom is -0.365 e. The van der Waals surface area contributed by atoms with E-state index in [0.717, 1.165) is 10.4 Å². The molecule has 0 aliphatic heterocycles. The summed E-state index contributed by atoms with van der Waals surface area (Å²) in [5.74, 6) is 11.3. The monoisotopic (exact) mass is 255 g/mol. The number of nitrogens with two attached hydrogens (primary N) is 2. The van der Waals surface area contributed by atoms with Crippen molar-refractivity contribution in [1.82, 2.24) is 9.89 Å². The van der Waals surface area contributed by atoms with Crippen LogP contribution in [0.3, 0.4) is 0 Å². The maximum absolute atomic E-state index is 8.70. The number of nitrogens with zero attached hydrogens (tertiary/aromatic N) is 4. The SMILES string of the molecule is N#Cc1ccc(CNc2cc/c(=N/N)n(N)n2)cc1. The van der Waals surface area contributed by atoms with Gasteiger partial charge in [-0.1, -0.05) is 12.1 Å². The summed E-state index contributed by atoms with van der Waals surface area (Å²) in [6.45, 7) is 0.581. The molecule has 5 N–H and O–H groups in total. The summed E-state index contributed by atoms with van der Waals surface area (Å²) in [7, 11) is 0. The Morgan fingerprint density at radius 2 is 2.00 bits per heavy atom. The van der Waals surface area contributed by atoms with Crippen LogP contribution in [0.5, 0.6) is 0 Å². The minimum absolute atomic E-state index is 0.379. The standard InChI is InChI=1S/C12H13N7/c13-7-9-1-3-10(4-2-9)8-16-11-5-6-12(17-14)19(15)18-11/h1-6H,8,14-15H2,(H,16,18)/b17-12-. The molecular weight excluding hydrogens is 242 g/mol. The Morgan fingerprint density at radius 3 is 2.58 bits per heavy atom. The molecule has 0 bridgehead atoms. The fourth-order valence-corrected chi connectivity index (χ4v) is 1.52. The molecule has 1 aromatic carbocycles. The van der Waals surface area contributed by atoms with Crippen molar-refractivity contribution in [2.75, 3.05) is 11.2 Å². The van der Waals surface area contributed by atoms with Crippen molar-refractivity contribution in [2.45, 2.75) is 6.54 Å². The van der Waals surface area contributed by atoms with E-state index in [1.807, 2.05) is 12.1 Å². The van der Waals surface area contributed by atoms with Gasteiger partial charge in [0.05, 0.1) is 11.6 Å². The van der Waals surface area contributed by atoms with E-state index in [1.165, 1.54) is 0 Å². The Hall–Kier alpha value is -3.01. The van der Waals surface area contributed by atoms with Gasteiger partial charge in [0.25, 0.3) is 0 Å². The highest BCUT2D eigenvalue weighted by Crippen LogP contribution is 2.06. The highest BCUT2D eigenvalue weighted by molar-refractivity contribution is 5.36. The number of benzene rings is 1. The molecular formula is C12H13N7. The van der Waals surface area contributed by atoms with Gasteiger partial charge >= 0.3 is 0 Å². The lowest BCUT2D eigenvalue weighted by Gasteiger charge is -2.07. The fraction of sp³-hybridized carbons (Fsp3) is 0.0833. The van der Waals surface area contributed by atoms with E-state index < -0.39 is 0 Å². The highest BCUT2D eigenvalue weighted by atomic mass is 15.5. The molecule has 0 fully saturated rings. The lowest BCUT2D eigenvalue weighted by atomic mass is 10.1. The van der Waals surface area contributed by atoms with E-state index in [2.05, 4.69) is 21.6 Å². The summed E-state index contributed by atoms with van der Waals surface area (Å²) in [6.07, 6.45) is 0. The van der Waals surface area contributed by atoms with Crippen LogP contribution < -0.4 is 22.5 Å². The topological polar surface area (TPSA) is 118 Å². The number of hydrogen-bond donors (Lipinski definition) is 3. The van der Waals surface area contributed by atoms with E-state index in [9.17, 15) is 0 Å². The van der Waals surface area contributed by atoms with Crippen LogP contribution in [0.2, 0.25) is 0 Å². The third-order valence-electron chi connectivity index (χ3n) is 2.53. The molecule has 0 atom stereocenters. The van der Waals surface area contributed by atoms with Crippen molar-refractivity contribution in [3.05, 3.63) is 53.0 Å². The minimum atomic E-state index is 0.379. The maximum atomic E-state index is 8.70. The second kappa shape index (κ2) is 5.55. The first-order valence-electron chi connectivity index (χ1n) is 5.55. The number of nitrogens with one attached hydrogen (secondary N) is 1. The van der Waals surface area contributed by atoms with Crippen molar-refractivity contribution in [3.8, 4) is 6.07 Å². The number of aromatic nitrogens is 2.